The quantitative estimate of drug-likeness (QED) is 0.232. The van der Waals surface area contributed by atoms with Gasteiger partial charge in [0.2, 0.25) is 0 Å². The van der Waals surface area contributed by atoms with Crippen LogP contribution in [0.15, 0.2) is 82.8 Å². The maximum Gasteiger partial charge on any atom is 0.416 e. The zero-order valence-electron chi connectivity index (χ0n) is 24.8. The van der Waals surface area contributed by atoms with Crippen LogP contribution in [0.1, 0.15) is 36.0 Å². The van der Waals surface area contributed by atoms with E-state index in [0.717, 1.165) is 46.3 Å². The van der Waals surface area contributed by atoms with Gasteiger partial charge in [-0.05, 0) is 84.5 Å². The predicted molar refractivity (Wildman–Crippen MR) is 168 cm³/mol. The third-order valence-electron chi connectivity index (χ3n) is 8.49. The first-order valence-corrected chi connectivity index (χ1v) is 15.9. The van der Waals surface area contributed by atoms with Crippen LogP contribution in [0.5, 0.6) is 11.5 Å². The molecule has 0 unspecified atom stereocenters. The summed E-state index contributed by atoms with van der Waals surface area (Å²) in [5, 5.41) is 13.4. The number of nitrogens with zero attached hydrogens (tertiary/aromatic N) is 2. The maximum absolute atomic E-state index is 14.5. The van der Waals surface area contributed by atoms with Gasteiger partial charge >= 0.3 is 12.3 Å². The summed E-state index contributed by atoms with van der Waals surface area (Å²) in [7, 11) is 0. The van der Waals surface area contributed by atoms with E-state index in [-0.39, 0.29) is 31.1 Å². The van der Waals surface area contributed by atoms with Crippen molar-refractivity contribution in [2.75, 3.05) is 26.3 Å². The Bertz CT molecular complexity index is 1610. The van der Waals surface area contributed by atoms with Crippen LogP contribution in [0.25, 0.3) is 5.57 Å². The van der Waals surface area contributed by atoms with E-state index in [1.54, 1.807) is 11.0 Å². The van der Waals surface area contributed by atoms with Crippen molar-refractivity contribution in [3.63, 3.8) is 0 Å². The topological polar surface area (TPSA) is 91.3 Å². The largest absolute Gasteiger partial charge is 0.490 e. The monoisotopic (exact) mass is 699 g/mol. The molecule has 6 rings (SSSR count). The molecule has 242 valence electrons. The zero-order chi connectivity index (χ0) is 32.4. The summed E-state index contributed by atoms with van der Waals surface area (Å²) in [5.41, 5.74) is 1.48. The average Bonchev–Trinajstić information content (AvgIpc) is 3.88. The highest BCUT2D eigenvalue weighted by Gasteiger charge is 2.46. The van der Waals surface area contributed by atoms with Crippen molar-refractivity contribution in [1.29, 1.82) is 0 Å². The zero-order valence-corrected chi connectivity index (χ0v) is 26.4. The van der Waals surface area contributed by atoms with Crippen LogP contribution in [-0.2, 0) is 17.5 Å². The smallest absolute Gasteiger partial charge is 0.416 e. The lowest BCUT2D eigenvalue weighted by atomic mass is 9.82. The summed E-state index contributed by atoms with van der Waals surface area (Å²) in [5.74, 6) is 0.997. The van der Waals surface area contributed by atoms with E-state index in [9.17, 15) is 27.9 Å². The van der Waals surface area contributed by atoms with E-state index < -0.39 is 23.9 Å². The Kier molecular flexibility index (Phi) is 9.28. The van der Waals surface area contributed by atoms with Gasteiger partial charge in [-0.25, -0.2) is 4.79 Å². The first kappa shape index (κ1) is 31.9. The fourth-order valence-electron chi connectivity index (χ4n) is 6.18. The molecular weight excluding hydrogens is 667 g/mol. The average molecular weight is 701 g/mol. The third-order valence-corrected chi connectivity index (χ3v) is 9.02. The van der Waals surface area contributed by atoms with Crippen molar-refractivity contribution >= 4 is 33.5 Å². The molecular formula is C34H33BrF3N3O5. The lowest BCUT2D eigenvalue weighted by Gasteiger charge is -2.47. The van der Waals surface area contributed by atoms with E-state index in [1.165, 1.54) is 11.0 Å². The molecule has 3 aromatic rings. The molecule has 2 bridgehead atoms. The molecule has 8 nitrogen and oxygen atoms in total. The van der Waals surface area contributed by atoms with E-state index in [2.05, 4.69) is 21.2 Å². The second-order valence-electron chi connectivity index (χ2n) is 11.7. The number of benzene rings is 3. The molecule has 46 heavy (non-hydrogen) atoms. The number of piperazine rings is 1. The Morgan fingerprint density at radius 3 is 2.22 bits per heavy atom. The molecule has 2 heterocycles. The lowest BCUT2D eigenvalue weighted by molar-refractivity contribution is -0.137. The second-order valence-corrected chi connectivity index (χ2v) is 12.6. The van der Waals surface area contributed by atoms with E-state index in [1.807, 2.05) is 48.5 Å². The molecule has 2 fully saturated rings. The van der Waals surface area contributed by atoms with Gasteiger partial charge in [-0.3, -0.25) is 9.69 Å². The van der Waals surface area contributed by atoms with E-state index in [0.29, 0.717) is 43.1 Å². The summed E-state index contributed by atoms with van der Waals surface area (Å²) in [6.07, 6.45) is -3.82. The molecule has 2 atom stereocenters. The molecule has 3 aliphatic rings. The number of hydrogen-bond acceptors (Lipinski definition) is 5. The number of ether oxygens (including phenoxy) is 2. The number of alkyl halides is 3. The van der Waals surface area contributed by atoms with Gasteiger partial charge in [-0.15, -0.1) is 0 Å². The van der Waals surface area contributed by atoms with Gasteiger partial charge in [0.1, 0.15) is 24.7 Å². The van der Waals surface area contributed by atoms with Crippen LogP contribution >= 0.6 is 15.9 Å². The molecule has 2 aliphatic heterocycles. The molecule has 2 N–H and O–H groups in total. The highest BCUT2D eigenvalue weighted by Crippen LogP contribution is 2.40. The highest BCUT2D eigenvalue weighted by atomic mass is 79.9. The lowest BCUT2D eigenvalue weighted by Crippen LogP contribution is -2.63. The number of amides is 2. The minimum Gasteiger partial charge on any atom is -0.490 e. The van der Waals surface area contributed by atoms with Crippen molar-refractivity contribution < 1.29 is 37.3 Å². The Hall–Kier alpha value is -4.03. The van der Waals surface area contributed by atoms with Gasteiger partial charge in [0.25, 0.3) is 5.91 Å². The molecule has 1 saturated carbocycles. The normalized spacial score (nSPS) is 19.5. The fraction of sp³-hybridized carbons (Fsp3) is 0.353. The second kappa shape index (κ2) is 13.4. The molecule has 3 aromatic carbocycles. The SMILES string of the molecule is O=C(C1=C(c2ccc(OCCOc3ccc(Br)cc3)cc2)C[C@@H]2CNC[C@H]1N2C(=O)O)N(Cc1cccc(C(F)(F)F)c1)C1CC1. The van der Waals surface area contributed by atoms with Crippen molar-refractivity contribution in [2.45, 2.75) is 50.1 Å². The minimum atomic E-state index is -4.50. The van der Waals surface area contributed by atoms with Crippen LogP contribution in [0, 0.1) is 0 Å². The third kappa shape index (κ3) is 7.18. The number of hydrogen-bond donors (Lipinski definition) is 2. The van der Waals surface area contributed by atoms with Gasteiger partial charge < -0.3 is 24.8 Å². The van der Waals surface area contributed by atoms with Crippen LogP contribution in [0.3, 0.4) is 0 Å². The minimum absolute atomic E-state index is 0.00402. The number of rotatable bonds is 10. The molecule has 1 aliphatic carbocycles. The molecule has 12 heteroatoms. The standard InChI is InChI=1S/C34H33BrF3N3O5/c35-24-6-12-28(13-7-24)46-15-14-45-27-10-4-22(5-11-27)29-17-26-18-39-19-30(41(26)33(43)44)31(29)32(42)40(25-8-9-25)20-21-2-1-3-23(16-21)34(36,37)38/h1-7,10-13,16,25-26,30,39H,8-9,14-15,17-20H2,(H,43,44)/t26-,30-/m1/s1. The highest BCUT2D eigenvalue weighted by molar-refractivity contribution is 9.10. The van der Waals surface area contributed by atoms with Crippen LogP contribution < -0.4 is 14.8 Å². The Labute approximate surface area is 272 Å². The van der Waals surface area contributed by atoms with Crippen LogP contribution in [0.4, 0.5) is 18.0 Å². The van der Waals surface area contributed by atoms with Gasteiger partial charge in [0, 0.05) is 35.7 Å². The van der Waals surface area contributed by atoms with Crippen LogP contribution in [0.2, 0.25) is 0 Å². The number of carbonyl (C=O) groups is 2. The number of fused-ring (bicyclic) bond motifs is 2. The van der Waals surface area contributed by atoms with E-state index in [4.69, 9.17) is 9.47 Å². The van der Waals surface area contributed by atoms with Gasteiger partial charge in [-0.2, -0.15) is 13.2 Å². The Morgan fingerprint density at radius 1 is 0.957 bits per heavy atom. The first-order valence-electron chi connectivity index (χ1n) is 15.1. The Morgan fingerprint density at radius 2 is 1.61 bits per heavy atom. The number of nitrogens with one attached hydrogen (secondary N) is 1. The van der Waals surface area contributed by atoms with Crippen LogP contribution in [-0.4, -0.2) is 71.3 Å². The maximum atomic E-state index is 14.5. The summed E-state index contributed by atoms with van der Waals surface area (Å²) in [6.45, 7) is 1.36. The number of carbonyl (C=O) groups excluding carboxylic acids is 1. The summed E-state index contributed by atoms with van der Waals surface area (Å²) >= 11 is 3.39. The molecule has 0 radical (unpaired) electrons. The van der Waals surface area contributed by atoms with Gasteiger partial charge in [0.15, 0.2) is 0 Å². The van der Waals surface area contributed by atoms with E-state index >= 15 is 0 Å². The molecule has 1 saturated heterocycles. The van der Waals surface area contributed by atoms with Gasteiger partial charge in [0.05, 0.1) is 17.6 Å². The summed E-state index contributed by atoms with van der Waals surface area (Å²) in [4.78, 5) is 29.8. The fourth-order valence-corrected chi connectivity index (χ4v) is 6.45. The number of halogens is 4. The Balaban J connectivity index is 1.26. The van der Waals surface area contributed by atoms with Crippen molar-refractivity contribution in [3.8, 4) is 11.5 Å². The summed E-state index contributed by atoms with van der Waals surface area (Å²) in [6, 6.07) is 18.6. The predicted octanol–water partition coefficient (Wildman–Crippen LogP) is 6.59. The van der Waals surface area contributed by atoms with Crippen molar-refractivity contribution in [3.05, 3.63) is 99.5 Å². The molecule has 2 amide bonds. The first-order chi connectivity index (χ1) is 22.1. The van der Waals surface area contributed by atoms with Crippen molar-refractivity contribution in [2.24, 2.45) is 0 Å². The van der Waals surface area contributed by atoms with Crippen molar-refractivity contribution in [1.82, 2.24) is 15.1 Å². The molecule has 0 spiro atoms. The van der Waals surface area contributed by atoms with Gasteiger partial charge in [-0.1, -0.05) is 40.2 Å². The number of carboxylic acid groups (broad SMARTS) is 1. The summed E-state index contributed by atoms with van der Waals surface area (Å²) < 4.78 is 52.9. The molecule has 0 aromatic heterocycles.